The first-order chi connectivity index (χ1) is 12.5. The molecule has 0 amide bonds. The van der Waals surface area contributed by atoms with Crippen LogP contribution < -0.4 is 5.56 Å². The number of rotatable bonds is 2. The van der Waals surface area contributed by atoms with Crippen LogP contribution in [0.4, 0.5) is 10.2 Å². The number of nitrogens with zero attached hydrogens (tertiary/aromatic N) is 2. The van der Waals surface area contributed by atoms with E-state index in [1.54, 1.807) is 6.07 Å². The summed E-state index contributed by atoms with van der Waals surface area (Å²) >= 11 is 7.78. The van der Waals surface area contributed by atoms with Crippen molar-refractivity contribution in [3.05, 3.63) is 50.5 Å². The van der Waals surface area contributed by atoms with Crippen molar-refractivity contribution in [2.24, 2.45) is 4.99 Å². The molecule has 1 aromatic heterocycles. The normalized spacial score (nSPS) is 21.2. The van der Waals surface area contributed by atoms with Crippen molar-refractivity contribution in [2.45, 2.75) is 56.7 Å². The highest BCUT2D eigenvalue weighted by atomic mass is 35.5. The van der Waals surface area contributed by atoms with E-state index in [9.17, 15) is 9.18 Å². The van der Waals surface area contributed by atoms with Crippen molar-refractivity contribution in [3.8, 4) is 0 Å². The summed E-state index contributed by atoms with van der Waals surface area (Å²) in [5.74, 6) is 0.332. The highest BCUT2D eigenvalue weighted by molar-refractivity contribution is 8.14. The Morgan fingerprint density at radius 3 is 2.69 bits per heavy atom. The molecule has 7 heteroatoms. The van der Waals surface area contributed by atoms with Crippen molar-refractivity contribution in [2.75, 3.05) is 0 Å². The van der Waals surface area contributed by atoms with Crippen LogP contribution in [0.5, 0.6) is 0 Å². The lowest BCUT2D eigenvalue weighted by Gasteiger charge is -2.23. The molecule has 1 aliphatic heterocycles. The third kappa shape index (κ3) is 3.25. The predicted molar refractivity (Wildman–Crippen MR) is 105 cm³/mol. The second kappa shape index (κ2) is 7.24. The van der Waals surface area contributed by atoms with Gasteiger partial charge < -0.3 is 0 Å². The van der Waals surface area contributed by atoms with Gasteiger partial charge in [0.2, 0.25) is 0 Å². The van der Waals surface area contributed by atoms with Crippen molar-refractivity contribution in [3.63, 3.8) is 0 Å². The second-order valence-corrected chi connectivity index (χ2v) is 8.69. The van der Waals surface area contributed by atoms with Crippen LogP contribution in [0.3, 0.4) is 0 Å². The van der Waals surface area contributed by atoms with Gasteiger partial charge in [-0.2, -0.15) is 0 Å². The zero-order valence-corrected chi connectivity index (χ0v) is 16.2. The Labute approximate surface area is 160 Å². The molecule has 4 nitrogen and oxygen atoms in total. The van der Waals surface area contributed by atoms with E-state index in [0.717, 1.165) is 23.4 Å². The van der Waals surface area contributed by atoms with Gasteiger partial charge in [0.25, 0.3) is 5.56 Å². The molecule has 1 unspecified atom stereocenters. The van der Waals surface area contributed by atoms with Crippen LogP contribution in [-0.2, 0) is 0 Å². The van der Waals surface area contributed by atoms with Crippen molar-refractivity contribution >= 4 is 34.2 Å². The number of fused-ring (bicyclic) bond motifs is 1. The highest BCUT2D eigenvalue weighted by Gasteiger charge is 2.33. The summed E-state index contributed by atoms with van der Waals surface area (Å²) in [6.07, 6.45) is 6.95. The van der Waals surface area contributed by atoms with Crippen LogP contribution in [-0.4, -0.2) is 14.8 Å². The number of halogens is 2. The van der Waals surface area contributed by atoms with E-state index in [2.05, 4.69) is 10.1 Å². The number of aromatic amines is 1. The first-order valence-corrected chi connectivity index (χ1v) is 10.3. The second-order valence-electron chi connectivity index (χ2n) is 6.99. The molecule has 26 heavy (non-hydrogen) atoms. The predicted octanol–water partition coefficient (Wildman–Crippen LogP) is 5.75. The molecule has 1 saturated carbocycles. The lowest BCUT2D eigenvalue weighted by Crippen LogP contribution is -2.14. The Morgan fingerprint density at radius 1 is 1.27 bits per heavy atom. The van der Waals surface area contributed by atoms with Crippen LogP contribution in [0.25, 0.3) is 0 Å². The summed E-state index contributed by atoms with van der Waals surface area (Å²) in [6.45, 7) is 1.94. The Bertz CT molecular complexity index is 912. The minimum absolute atomic E-state index is 0.126. The third-order valence-corrected chi connectivity index (χ3v) is 6.67. The van der Waals surface area contributed by atoms with E-state index < -0.39 is 0 Å². The summed E-state index contributed by atoms with van der Waals surface area (Å²) in [4.78, 5) is 17.5. The summed E-state index contributed by atoms with van der Waals surface area (Å²) in [7, 11) is 0. The van der Waals surface area contributed by atoms with Crippen molar-refractivity contribution in [1.82, 2.24) is 9.78 Å². The fourth-order valence-electron chi connectivity index (χ4n) is 3.92. The van der Waals surface area contributed by atoms with Gasteiger partial charge in [-0.1, -0.05) is 55.1 Å². The van der Waals surface area contributed by atoms with Gasteiger partial charge >= 0.3 is 0 Å². The van der Waals surface area contributed by atoms with E-state index in [0.29, 0.717) is 16.4 Å². The Morgan fingerprint density at radius 2 is 2.00 bits per heavy atom. The largest absolute Gasteiger partial charge is 0.271 e. The summed E-state index contributed by atoms with van der Waals surface area (Å²) in [5, 5.41) is 3.97. The molecule has 1 N–H and O–H groups in total. The Balaban J connectivity index is 1.82. The minimum atomic E-state index is -0.380. The van der Waals surface area contributed by atoms with E-state index in [1.807, 2.05) is 11.6 Å². The number of thioether (sulfide) groups is 1. The van der Waals surface area contributed by atoms with Crippen LogP contribution in [0.1, 0.15) is 67.9 Å². The standard InChI is InChI=1S/C19H21ClFN3OS/c1-11-22-18-16(17(26-11)14-9-8-12(21)10-15(14)20)19(25)23-24(18)13-6-4-2-3-5-7-13/h8-10,13,17H,2-7H2,1H3,(H,23,25). The smallest absolute Gasteiger partial charge is 0.268 e. The van der Waals surface area contributed by atoms with Gasteiger partial charge in [0.05, 0.1) is 21.9 Å². The van der Waals surface area contributed by atoms with E-state index in [-0.39, 0.29) is 22.7 Å². The average Bonchev–Trinajstić information content (AvgIpc) is 2.77. The third-order valence-electron chi connectivity index (χ3n) is 5.18. The van der Waals surface area contributed by atoms with Gasteiger partial charge in [0.1, 0.15) is 5.82 Å². The molecule has 2 aliphatic rings. The molecule has 1 aliphatic carbocycles. The molecule has 1 fully saturated rings. The maximum atomic E-state index is 13.5. The van der Waals surface area contributed by atoms with Gasteiger partial charge in [-0.25, -0.2) is 9.38 Å². The van der Waals surface area contributed by atoms with Gasteiger partial charge in [0.15, 0.2) is 5.82 Å². The topological polar surface area (TPSA) is 50.1 Å². The first-order valence-electron chi connectivity index (χ1n) is 9.06. The molecule has 138 valence electrons. The number of benzene rings is 1. The Kier molecular flexibility index (Phi) is 4.97. The molecular formula is C19H21ClFN3OS. The molecule has 0 bridgehead atoms. The zero-order valence-electron chi connectivity index (χ0n) is 14.6. The summed E-state index contributed by atoms with van der Waals surface area (Å²) < 4.78 is 15.4. The number of H-pyrrole nitrogens is 1. The first kappa shape index (κ1) is 17.9. The quantitative estimate of drug-likeness (QED) is 0.660. The minimum Gasteiger partial charge on any atom is -0.268 e. The maximum Gasteiger partial charge on any atom is 0.271 e. The molecule has 4 rings (SSSR count). The van der Waals surface area contributed by atoms with Crippen molar-refractivity contribution < 1.29 is 4.39 Å². The fourth-order valence-corrected chi connectivity index (χ4v) is 5.41. The molecular weight excluding hydrogens is 373 g/mol. The van der Waals surface area contributed by atoms with Gasteiger partial charge in [-0.3, -0.25) is 14.6 Å². The molecule has 0 spiro atoms. The summed E-state index contributed by atoms with van der Waals surface area (Å²) in [6, 6.07) is 4.63. The number of hydrogen-bond acceptors (Lipinski definition) is 3. The SMILES string of the molecule is CC1=Nc2c(c(=O)[nH]n2C2CCCCCC2)C(c2ccc(F)cc2Cl)S1. The number of hydrogen-bond donors (Lipinski definition) is 1. The maximum absolute atomic E-state index is 13.5. The van der Waals surface area contributed by atoms with Crippen molar-refractivity contribution in [1.29, 1.82) is 0 Å². The number of nitrogens with one attached hydrogen (secondary N) is 1. The molecule has 2 aromatic rings. The van der Waals surface area contributed by atoms with Gasteiger partial charge in [-0.15, -0.1) is 0 Å². The monoisotopic (exact) mass is 393 g/mol. The average molecular weight is 394 g/mol. The van der Waals surface area contributed by atoms with Crippen LogP contribution >= 0.6 is 23.4 Å². The zero-order chi connectivity index (χ0) is 18.3. The van der Waals surface area contributed by atoms with Gasteiger partial charge in [-0.05, 0) is 37.5 Å². The molecule has 0 saturated heterocycles. The van der Waals surface area contributed by atoms with E-state index in [4.69, 9.17) is 11.6 Å². The lowest BCUT2D eigenvalue weighted by molar-refractivity contribution is 0.407. The molecule has 1 atom stereocenters. The van der Waals surface area contributed by atoms with E-state index in [1.165, 1.54) is 49.6 Å². The fraction of sp³-hybridized carbons (Fsp3) is 0.474. The van der Waals surface area contributed by atoms with Crippen LogP contribution in [0, 0.1) is 5.82 Å². The molecule has 0 radical (unpaired) electrons. The highest BCUT2D eigenvalue weighted by Crippen LogP contribution is 2.46. The summed E-state index contributed by atoms with van der Waals surface area (Å²) in [5.41, 5.74) is 1.24. The number of aromatic nitrogens is 2. The molecule has 1 aromatic carbocycles. The van der Waals surface area contributed by atoms with Crippen LogP contribution in [0.15, 0.2) is 28.0 Å². The lowest BCUT2D eigenvalue weighted by atomic mass is 10.1. The molecule has 2 heterocycles. The van der Waals surface area contributed by atoms with E-state index >= 15 is 0 Å². The number of aliphatic imine (C=N–C) groups is 1. The Hall–Kier alpha value is -1.53. The van der Waals surface area contributed by atoms with Crippen LogP contribution in [0.2, 0.25) is 5.02 Å². The van der Waals surface area contributed by atoms with Gasteiger partial charge in [0, 0.05) is 5.02 Å².